The number of hydrogen-bond donors (Lipinski definition) is 0. The zero-order valence-corrected chi connectivity index (χ0v) is 13.6. The van der Waals surface area contributed by atoms with Crippen LogP contribution in [0.5, 0.6) is 0 Å². The Morgan fingerprint density at radius 3 is 2.58 bits per heavy atom. The van der Waals surface area contributed by atoms with Crippen LogP contribution in [-0.2, 0) is 18.5 Å². The van der Waals surface area contributed by atoms with E-state index in [0.29, 0.717) is 23.3 Å². The zero-order chi connectivity index (χ0) is 17.2. The van der Waals surface area contributed by atoms with E-state index in [1.54, 1.807) is 18.2 Å². The van der Waals surface area contributed by atoms with Gasteiger partial charge in [0.05, 0.1) is 11.8 Å². The molecule has 8 heteroatoms. The number of aromatic nitrogens is 3. The molecule has 0 radical (unpaired) electrons. The monoisotopic (exact) mass is 353 g/mol. The normalized spacial score (nSPS) is 11.8. The van der Waals surface area contributed by atoms with Crippen LogP contribution in [0.1, 0.15) is 18.1 Å². The fraction of sp³-hybridized carbons (Fsp3) is 0.250. The van der Waals surface area contributed by atoms with Gasteiger partial charge in [0.25, 0.3) is 0 Å². The van der Waals surface area contributed by atoms with Crippen molar-refractivity contribution in [2.45, 2.75) is 30.6 Å². The van der Waals surface area contributed by atoms with E-state index in [9.17, 15) is 13.2 Å². The van der Waals surface area contributed by atoms with Crippen molar-refractivity contribution in [3.8, 4) is 11.6 Å². The summed E-state index contributed by atoms with van der Waals surface area (Å²) in [5.41, 5.74) is -0.397. The van der Waals surface area contributed by atoms with Gasteiger partial charge in [0, 0.05) is 12.3 Å². The van der Waals surface area contributed by atoms with Gasteiger partial charge in [0.2, 0.25) is 0 Å². The van der Waals surface area contributed by atoms with E-state index >= 15 is 0 Å². The number of halogens is 3. The summed E-state index contributed by atoms with van der Waals surface area (Å²) >= 11 is 1.22. The van der Waals surface area contributed by atoms with Crippen molar-refractivity contribution < 1.29 is 17.6 Å². The van der Waals surface area contributed by atoms with E-state index in [2.05, 4.69) is 10.2 Å². The minimum Gasteiger partial charge on any atom is -0.461 e. The molecule has 1 aromatic carbocycles. The van der Waals surface area contributed by atoms with Crippen LogP contribution in [0.25, 0.3) is 11.6 Å². The Balaban J connectivity index is 1.84. The van der Waals surface area contributed by atoms with Gasteiger partial charge >= 0.3 is 6.18 Å². The second-order valence-electron chi connectivity index (χ2n) is 4.97. The van der Waals surface area contributed by atoms with E-state index in [-0.39, 0.29) is 11.3 Å². The SMILES string of the molecule is CCn1c(SCc2ccccc2C(F)(F)F)nnc1-c1ccco1. The summed E-state index contributed by atoms with van der Waals surface area (Å²) in [6, 6.07) is 9.08. The van der Waals surface area contributed by atoms with Crippen molar-refractivity contribution in [3.05, 3.63) is 53.8 Å². The van der Waals surface area contributed by atoms with E-state index in [4.69, 9.17) is 4.42 Å². The molecule has 0 saturated carbocycles. The molecule has 24 heavy (non-hydrogen) atoms. The largest absolute Gasteiger partial charge is 0.461 e. The van der Waals surface area contributed by atoms with Crippen LogP contribution in [0.3, 0.4) is 0 Å². The summed E-state index contributed by atoms with van der Waals surface area (Å²) in [5, 5.41) is 8.73. The Kier molecular flexibility index (Phi) is 4.66. The molecule has 3 rings (SSSR count). The average Bonchev–Trinajstić information content (AvgIpc) is 3.21. The number of furan rings is 1. The second kappa shape index (κ2) is 6.72. The lowest BCUT2D eigenvalue weighted by Gasteiger charge is -2.12. The first-order valence-corrected chi connectivity index (χ1v) is 8.24. The van der Waals surface area contributed by atoms with Crippen LogP contribution in [0.15, 0.2) is 52.2 Å². The van der Waals surface area contributed by atoms with Crippen LogP contribution in [-0.4, -0.2) is 14.8 Å². The van der Waals surface area contributed by atoms with Crippen molar-refractivity contribution in [1.82, 2.24) is 14.8 Å². The lowest BCUT2D eigenvalue weighted by molar-refractivity contribution is -0.138. The molecule has 0 aliphatic carbocycles. The third-order valence-corrected chi connectivity index (χ3v) is 4.47. The van der Waals surface area contributed by atoms with Gasteiger partial charge in [-0.2, -0.15) is 13.2 Å². The first-order chi connectivity index (χ1) is 11.5. The molecule has 3 aromatic rings. The van der Waals surface area contributed by atoms with E-state index in [0.717, 1.165) is 6.07 Å². The smallest absolute Gasteiger partial charge is 0.416 e. The van der Waals surface area contributed by atoms with Crippen molar-refractivity contribution in [3.63, 3.8) is 0 Å². The summed E-state index contributed by atoms with van der Waals surface area (Å²) in [6.07, 6.45) is -2.83. The molecule has 126 valence electrons. The Hall–Kier alpha value is -2.22. The summed E-state index contributed by atoms with van der Waals surface area (Å²) < 4.78 is 46.3. The van der Waals surface area contributed by atoms with Gasteiger partial charge in [-0.3, -0.25) is 4.57 Å². The maximum Gasteiger partial charge on any atom is 0.416 e. The lowest BCUT2D eigenvalue weighted by Crippen LogP contribution is -2.08. The molecule has 0 aliphatic heterocycles. The van der Waals surface area contributed by atoms with Crippen molar-refractivity contribution in [2.24, 2.45) is 0 Å². The van der Waals surface area contributed by atoms with Crippen LogP contribution >= 0.6 is 11.8 Å². The highest BCUT2D eigenvalue weighted by Crippen LogP contribution is 2.35. The van der Waals surface area contributed by atoms with Crippen molar-refractivity contribution >= 4 is 11.8 Å². The highest BCUT2D eigenvalue weighted by Gasteiger charge is 2.32. The van der Waals surface area contributed by atoms with Gasteiger partial charge in [0.1, 0.15) is 0 Å². The second-order valence-corrected chi connectivity index (χ2v) is 5.91. The highest BCUT2D eigenvalue weighted by molar-refractivity contribution is 7.98. The van der Waals surface area contributed by atoms with Gasteiger partial charge in [-0.05, 0) is 30.7 Å². The topological polar surface area (TPSA) is 43.9 Å². The molecule has 0 unspecified atom stereocenters. The minimum absolute atomic E-state index is 0.159. The Labute approximate surface area is 140 Å². The van der Waals surface area contributed by atoms with E-state index < -0.39 is 11.7 Å². The number of alkyl halides is 3. The maximum atomic E-state index is 13.1. The third-order valence-electron chi connectivity index (χ3n) is 3.45. The molecular formula is C16H14F3N3OS. The molecule has 0 bridgehead atoms. The molecule has 0 N–H and O–H groups in total. The summed E-state index contributed by atoms with van der Waals surface area (Å²) in [7, 11) is 0. The number of rotatable bonds is 5. The first kappa shape index (κ1) is 16.6. The molecule has 0 amide bonds. The third kappa shape index (κ3) is 3.33. The molecule has 0 aliphatic rings. The van der Waals surface area contributed by atoms with Gasteiger partial charge in [-0.15, -0.1) is 10.2 Å². The summed E-state index contributed by atoms with van der Waals surface area (Å²) in [6.45, 7) is 2.51. The average molecular weight is 353 g/mol. The standard InChI is InChI=1S/C16H14F3N3OS/c1-2-22-14(13-8-5-9-23-13)20-21-15(22)24-10-11-6-3-4-7-12(11)16(17,18)19/h3-9H,2,10H2,1H3. The Morgan fingerprint density at radius 2 is 1.92 bits per heavy atom. The van der Waals surface area contributed by atoms with Crippen molar-refractivity contribution in [2.75, 3.05) is 0 Å². The molecule has 2 aromatic heterocycles. The van der Waals surface area contributed by atoms with Crippen LogP contribution < -0.4 is 0 Å². The molecule has 0 fully saturated rings. The molecule has 2 heterocycles. The van der Waals surface area contributed by atoms with E-state index in [1.165, 1.54) is 30.2 Å². The first-order valence-electron chi connectivity index (χ1n) is 7.25. The van der Waals surface area contributed by atoms with Crippen LogP contribution in [0, 0.1) is 0 Å². The minimum atomic E-state index is -4.37. The maximum absolute atomic E-state index is 13.1. The number of benzene rings is 1. The number of thioether (sulfide) groups is 1. The number of nitrogens with zero attached hydrogens (tertiary/aromatic N) is 3. The van der Waals surface area contributed by atoms with Gasteiger partial charge in [-0.1, -0.05) is 30.0 Å². The zero-order valence-electron chi connectivity index (χ0n) is 12.7. The predicted molar refractivity (Wildman–Crippen MR) is 84.4 cm³/mol. The fourth-order valence-electron chi connectivity index (χ4n) is 2.33. The molecular weight excluding hydrogens is 339 g/mol. The quantitative estimate of drug-likeness (QED) is 0.614. The molecule has 0 atom stereocenters. The molecule has 0 saturated heterocycles. The number of hydrogen-bond acceptors (Lipinski definition) is 4. The van der Waals surface area contributed by atoms with Crippen molar-refractivity contribution in [1.29, 1.82) is 0 Å². The van der Waals surface area contributed by atoms with Gasteiger partial charge in [-0.25, -0.2) is 0 Å². The summed E-state index contributed by atoms with van der Waals surface area (Å²) in [4.78, 5) is 0. The highest BCUT2D eigenvalue weighted by atomic mass is 32.2. The predicted octanol–water partition coefficient (Wildman–Crippen LogP) is 4.87. The van der Waals surface area contributed by atoms with Gasteiger partial charge < -0.3 is 4.42 Å². The molecule has 0 spiro atoms. The van der Waals surface area contributed by atoms with Crippen LogP contribution in [0.2, 0.25) is 0 Å². The lowest BCUT2D eigenvalue weighted by atomic mass is 10.1. The van der Waals surface area contributed by atoms with Gasteiger partial charge in [0.15, 0.2) is 16.7 Å². The molecule has 4 nitrogen and oxygen atoms in total. The Morgan fingerprint density at radius 1 is 1.12 bits per heavy atom. The Bertz CT molecular complexity index is 812. The summed E-state index contributed by atoms with van der Waals surface area (Å²) in [5.74, 6) is 1.30. The van der Waals surface area contributed by atoms with Crippen LogP contribution in [0.4, 0.5) is 13.2 Å². The van der Waals surface area contributed by atoms with E-state index in [1.807, 2.05) is 11.5 Å². The fourth-order valence-corrected chi connectivity index (χ4v) is 3.34.